The monoisotopic (exact) mass is 629 g/mol. The van der Waals surface area contributed by atoms with Gasteiger partial charge in [-0.1, -0.05) is 42.5 Å². The van der Waals surface area contributed by atoms with Crippen molar-refractivity contribution in [2.24, 2.45) is 7.05 Å². The third-order valence-electron chi connectivity index (χ3n) is 7.46. The Morgan fingerprint density at radius 1 is 1.07 bits per heavy atom. The van der Waals surface area contributed by atoms with E-state index in [1.54, 1.807) is 31.3 Å². The number of nitrogens with one attached hydrogen (secondary N) is 4. The second-order valence-corrected chi connectivity index (χ2v) is 11.0. The van der Waals surface area contributed by atoms with E-state index in [1.165, 1.54) is 11.7 Å². The number of carbonyl (C=O) groups excluding carboxylic acids is 4. The molecule has 1 aliphatic rings. The molecule has 3 heterocycles. The Bertz CT molecular complexity index is 1670. The van der Waals surface area contributed by atoms with Gasteiger partial charge in [-0.05, 0) is 49.1 Å². The maximum Gasteiger partial charge on any atom is 0.273 e. The molecule has 0 spiro atoms. The second kappa shape index (κ2) is 14.6. The van der Waals surface area contributed by atoms with Crippen molar-refractivity contribution in [2.45, 2.75) is 56.8 Å². The number of oxazole rings is 1. The predicted molar refractivity (Wildman–Crippen MR) is 163 cm³/mol. The minimum atomic E-state index is -1.22. The van der Waals surface area contributed by atoms with Crippen molar-refractivity contribution < 1.29 is 28.7 Å². The smallest absolute Gasteiger partial charge is 0.273 e. The Kier molecular flexibility index (Phi) is 10.1. The van der Waals surface area contributed by atoms with E-state index in [0.717, 1.165) is 11.8 Å². The molecule has 0 aliphatic carbocycles. The zero-order valence-corrected chi connectivity index (χ0v) is 25.3. The van der Waals surface area contributed by atoms with E-state index in [-0.39, 0.29) is 31.0 Å². The van der Waals surface area contributed by atoms with Crippen LogP contribution in [0, 0.1) is 0 Å². The molecule has 240 valence electrons. The molecule has 0 radical (unpaired) electrons. The van der Waals surface area contributed by atoms with Crippen LogP contribution in [0.4, 0.5) is 0 Å². The molecule has 0 unspecified atom stereocenters. The standard InChI is InChI=1S/C31H35N9O6/c1-18(41)25-30(45)32-15-7-6-10-22(33-27(42)21-13-11-20(12-14-21)26-37-39-40(2)38-26)28(43)34-23(16-19-8-4-3-5-9-19)31-35-24(17-46-31)29(44)36-25/h3-5,8-9,11-14,17-18,22-23,25,41H,6-7,10,15-16H2,1-2H3,(H,32,45)(H,33,42)(H,34,43)(H,36,44)/t18-,22+,23+,25+/m1/s1. The maximum atomic E-state index is 13.8. The Morgan fingerprint density at radius 3 is 2.52 bits per heavy atom. The number of benzene rings is 2. The first kappa shape index (κ1) is 32.0. The van der Waals surface area contributed by atoms with E-state index in [0.29, 0.717) is 29.8 Å². The van der Waals surface area contributed by atoms with Gasteiger partial charge in [0.25, 0.3) is 11.8 Å². The first-order chi connectivity index (χ1) is 22.2. The van der Waals surface area contributed by atoms with Crippen LogP contribution in [-0.4, -0.2) is 78.7 Å². The number of fused-ring (bicyclic) bond motifs is 2. The number of nitrogens with zero attached hydrogens (tertiary/aromatic N) is 5. The number of aliphatic hydroxyl groups is 1. The molecular weight excluding hydrogens is 594 g/mol. The number of rotatable bonds is 6. The van der Waals surface area contributed by atoms with Gasteiger partial charge in [0.2, 0.25) is 23.5 Å². The van der Waals surface area contributed by atoms with Gasteiger partial charge in [-0.15, -0.1) is 10.2 Å². The van der Waals surface area contributed by atoms with Gasteiger partial charge in [-0.2, -0.15) is 4.80 Å². The normalized spacial score (nSPS) is 20.2. The van der Waals surface area contributed by atoms with E-state index < -0.39 is 47.9 Å². The van der Waals surface area contributed by atoms with Crippen LogP contribution in [0.2, 0.25) is 0 Å². The number of amides is 4. The van der Waals surface area contributed by atoms with Gasteiger partial charge in [0, 0.05) is 24.1 Å². The lowest BCUT2D eigenvalue weighted by atomic mass is 10.0. The van der Waals surface area contributed by atoms with Crippen LogP contribution in [0.3, 0.4) is 0 Å². The Morgan fingerprint density at radius 2 is 1.83 bits per heavy atom. The van der Waals surface area contributed by atoms with Crippen molar-refractivity contribution in [1.82, 2.24) is 46.5 Å². The van der Waals surface area contributed by atoms with Crippen LogP contribution >= 0.6 is 0 Å². The summed E-state index contributed by atoms with van der Waals surface area (Å²) in [5.41, 5.74) is 1.75. The highest BCUT2D eigenvalue weighted by molar-refractivity contribution is 5.98. The van der Waals surface area contributed by atoms with Crippen LogP contribution in [0.1, 0.15) is 64.5 Å². The number of aliphatic hydroxyl groups excluding tert-OH is 1. The van der Waals surface area contributed by atoms with E-state index in [2.05, 4.69) is 41.7 Å². The lowest BCUT2D eigenvalue weighted by Crippen LogP contribution is -2.52. The number of aromatic nitrogens is 5. The summed E-state index contributed by atoms with van der Waals surface area (Å²) in [7, 11) is 1.65. The topological polar surface area (TPSA) is 206 Å². The van der Waals surface area contributed by atoms with Crippen LogP contribution < -0.4 is 21.3 Å². The lowest BCUT2D eigenvalue weighted by Gasteiger charge is -2.23. The minimum Gasteiger partial charge on any atom is -0.446 e. The van der Waals surface area contributed by atoms with Crippen molar-refractivity contribution >= 4 is 23.6 Å². The number of aryl methyl sites for hydroxylation is 1. The average molecular weight is 630 g/mol. The van der Waals surface area contributed by atoms with Crippen LogP contribution in [-0.2, 0) is 23.1 Å². The molecule has 0 saturated carbocycles. The zero-order chi connectivity index (χ0) is 32.6. The van der Waals surface area contributed by atoms with Gasteiger partial charge in [-0.3, -0.25) is 19.2 Å². The maximum absolute atomic E-state index is 13.8. The van der Waals surface area contributed by atoms with E-state index >= 15 is 0 Å². The van der Waals surface area contributed by atoms with E-state index in [4.69, 9.17) is 4.42 Å². The van der Waals surface area contributed by atoms with Gasteiger partial charge in [0.15, 0.2) is 5.69 Å². The summed E-state index contributed by atoms with van der Waals surface area (Å²) in [4.78, 5) is 58.5. The zero-order valence-electron chi connectivity index (χ0n) is 25.3. The van der Waals surface area contributed by atoms with Gasteiger partial charge < -0.3 is 30.8 Å². The summed E-state index contributed by atoms with van der Waals surface area (Å²) in [6.07, 6.45) is 1.44. The van der Waals surface area contributed by atoms with E-state index in [1.807, 2.05) is 30.3 Å². The Balaban J connectivity index is 1.39. The highest BCUT2D eigenvalue weighted by Crippen LogP contribution is 2.20. The molecule has 1 aliphatic heterocycles. The number of hydrogen-bond donors (Lipinski definition) is 5. The highest BCUT2D eigenvalue weighted by atomic mass is 16.3. The summed E-state index contributed by atoms with van der Waals surface area (Å²) in [5, 5.41) is 33.1. The fourth-order valence-electron chi connectivity index (χ4n) is 4.97. The Hall–Kier alpha value is -5.44. The summed E-state index contributed by atoms with van der Waals surface area (Å²) in [6, 6.07) is 13.0. The molecule has 0 saturated heterocycles. The minimum absolute atomic E-state index is 0.0609. The molecule has 4 amide bonds. The van der Waals surface area contributed by atoms with Crippen molar-refractivity contribution in [3.63, 3.8) is 0 Å². The largest absolute Gasteiger partial charge is 0.446 e. The van der Waals surface area contributed by atoms with Gasteiger partial charge in [0.05, 0.1) is 13.2 Å². The molecule has 15 nitrogen and oxygen atoms in total. The second-order valence-electron chi connectivity index (χ2n) is 11.0. The lowest BCUT2D eigenvalue weighted by molar-refractivity contribution is -0.125. The molecule has 2 aromatic heterocycles. The van der Waals surface area contributed by atoms with E-state index in [9.17, 15) is 24.3 Å². The van der Waals surface area contributed by atoms with Crippen molar-refractivity contribution in [3.8, 4) is 11.4 Å². The molecule has 0 fully saturated rings. The molecule has 2 bridgehead atoms. The van der Waals surface area contributed by atoms with Crippen molar-refractivity contribution in [2.75, 3.05) is 6.54 Å². The summed E-state index contributed by atoms with van der Waals surface area (Å²) in [5.74, 6) is -1.75. The fraction of sp³-hybridized carbons (Fsp3) is 0.355. The van der Waals surface area contributed by atoms with Crippen LogP contribution in [0.5, 0.6) is 0 Å². The van der Waals surface area contributed by atoms with Crippen LogP contribution in [0.25, 0.3) is 11.4 Å². The predicted octanol–water partition coefficient (Wildman–Crippen LogP) is 0.843. The third-order valence-corrected chi connectivity index (χ3v) is 7.46. The molecule has 5 rings (SSSR count). The fourth-order valence-corrected chi connectivity index (χ4v) is 4.97. The van der Waals surface area contributed by atoms with Gasteiger partial charge in [0.1, 0.15) is 24.4 Å². The number of hydrogen-bond acceptors (Lipinski definition) is 10. The highest BCUT2D eigenvalue weighted by Gasteiger charge is 2.30. The quantitative estimate of drug-likeness (QED) is 0.203. The van der Waals surface area contributed by atoms with Gasteiger partial charge >= 0.3 is 0 Å². The average Bonchev–Trinajstić information content (AvgIpc) is 3.72. The molecule has 46 heavy (non-hydrogen) atoms. The summed E-state index contributed by atoms with van der Waals surface area (Å²) in [6.45, 7) is 1.62. The van der Waals surface area contributed by atoms with Gasteiger partial charge in [-0.25, -0.2) is 4.98 Å². The Labute approximate surface area is 264 Å². The SMILES string of the molecule is C[C@@H](O)[C@@H]1NC(=O)c2coc(n2)[C@H](Cc2ccccc2)NC(=O)[C@@H](NC(=O)c2ccc(-c3nnn(C)n3)cc2)CCCCNC1=O. The first-order valence-electron chi connectivity index (χ1n) is 14.9. The number of carbonyl (C=O) groups is 4. The van der Waals surface area contributed by atoms with Crippen molar-refractivity contribution in [1.29, 1.82) is 0 Å². The third kappa shape index (κ3) is 7.98. The molecular formula is C31H35N9O6. The van der Waals surface area contributed by atoms with Crippen LogP contribution in [0.15, 0.2) is 65.3 Å². The molecule has 5 N–H and O–H groups in total. The number of tetrazole rings is 1. The molecule has 2 aromatic carbocycles. The first-order valence-corrected chi connectivity index (χ1v) is 14.9. The molecule has 15 heteroatoms. The summed E-state index contributed by atoms with van der Waals surface area (Å²) >= 11 is 0. The molecule has 4 aromatic rings. The molecule has 4 atom stereocenters. The summed E-state index contributed by atoms with van der Waals surface area (Å²) < 4.78 is 5.65. The van der Waals surface area contributed by atoms with Crippen molar-refractivity contribution in [3.05, 3.63) is 83.6 Å².